The van der Waals surface area contributed by atoms with Gasteiger partial charge in [-0.1, -0.05) is 66.5 Å². The van der Waals surface area contributed by atoms with Crippen molar-refractivity contribution in [2.75, 3.05) is 0 Å². The van der Waals surface area contributed by atoms with E-state index in [0.717, 1.165) is 37.7 Å². The first-order chi connectivity index (χ1) is 16.1. The van der Waals surface area contributed by atoms with E-state index in [1.165, 1.54) is 12.8 Å². The maximum atomic E-state index is 13.5. The zero-order valence-corrected chi connectivity index (χ0v) is 22.2. The number of allylic oxidation sites excluding steroid dienone is 2. The molecule has 0 saturated heterocycles. The summed E-state index contributed by atoms with van der Waals surface area (Å²) in [5.74, 6) is 2.58. The van der Waals surface area contributed by atoms with Crippen molar-refractivity contribution in [1.29, 1.82) is 0 Å². The molecule has 4 aliphatic rings. The average molecular weight is 471 g/mol. The number of carbonyl (C=O) groups excluding carboxylic acids is 2. The quantitative estimate of drug-likeness (QED) is 0.245. The highest BCUT2D eigenvalue weighted by Gasteiger charge is 2.47. The molecule has 3 saturated carbocycles. The van der Waals surface area contributed by atoms with E-state index in [4.69, 9.17) is 9.47 Å². The highest BCUT2D eigenvalue weighted by atomic mass is 16.5. The molecule has 0 spiro atoms. The Morgan fingerprint density at radius 1 is 0.824 bits per heavy atom. The van der Waals surface area contributed by atoms with Crippen molar-refractivity contribution in [3.63, 3.8) is 0 Å². The molecule has 4 heteroatoms. The largest absolute Gasteiger partial charge is 0.462 e. The molecule has 0 N–H and O–H groups in total. The number of carbonyl (C=O) groups is 2. The second kappa shape index (κ2) is 10.6. The second-order valence-electron chi connectivity index (χ2n) is 12.6. The van der Waals surface area contributed by atoms with Crippen LogP contribution in [-0.4, -0.2) is 24.1 Å². The maximum absolute atomic E-state index is 13.5. The summed E-state index contributed by atoms with van der Waals surface area (Å²) in [6.07, 6.45) is 13.4. The van der Waals surface area contributed by atoms with Crippen LogP contribution in [-0.2, 0) is 19.1 Å². The lowest BCUT2D eigenvalue weighted by Gasteiger charge is -2.37. The Hall–Kier alpha value is -1.58. The summed E-state index contributed by atoms with van der Waals surface area (Å²) >= 11 is 0. The lowest BCUT2D eigenvalue weighted by Crippen LogP contribution is -2.38. The third-order valence-corrected chi connectivity index (χ3v) is 9.33. The second-order valence-corrected chi connectivity index (χ2v) is 12.6. The van der Waals surface area contributed by atoms with Crippen LogP contribution in [0, 0.1) is 53.3 Å². The van der Waals surface area contributed by atoms with Crippen LogP contribution in [0.1, 0.15) is 86.5 Å². The van der Waals surface area contributed by atoms with Crippen molar-refractivity contribution in [3.05, 3.63) is 23.8 Å². The van der Waals surface area contributed by atoms with Gasteiger partial charge in [0.25, 0.3) is 0 Å². The molecule has 2 bridgehead atoms. The minimum absolute atomic E-state index is 0.0110. The summed E-state index contributed by atoms with van der Waals surface area (Å²) in [6.45, 7) is 13.4. The van der Waals surface area contributed by atoms with Crippen LogP contribution in [0.15, 0.2) is 23.8 Å². The molecule has 9 atom stereocenters. The van der Waals surface area contributed by atoms with Crippen LogP contribution in [0.2, 0.25) is 0 Å². The molecular weight excluding hydrogens is 424 g/mol. The van der Waals surface area contributed by atoms with E-state index in [1.807, 2.05) is 0 Å². The van der Waals surface area contributed by atoms with Crippen LogP contribution in [0.3, 0.4) is 0 Å². The fourth-order valence-electron chi connectivity index (χ4n) is 7.25. The smallest absolute Gasteiger partial charge is 0.331 e. The first-order valence-electron chi connectivity index (χ1n) is 13.9. The molecule has 0 aromatic carbocycles. The SMILES string of the molecule is CC(C)[C@@H]1CC[C@@H](C)C[C@H]1OC(=O)/C=C1/[C@@H]2C=C[C@@H](C2)[C@H]1C(=O)O[C@@H]1C[C@H](C)CC[C@H]1C(C)C. The van der Waals surface area contributed by atoms with Crippen molar-refractivity contribution in [2.45, 2.75) is 98.7 Å². The molecule has 190 valence electrons. The Morgan fingerprint density at radius 2 is 1.38 bits per heavy atom. The van der Waals surface area contributed by atoms with Gasteiger partial charge in [0.2, 0.25) is 0 Å². The number of fused-ring (bicyclic) bond motifs is 2. The molecule has 3 fully saturated rings. The summed E-state index contributed by atoms with van der Waals surface area (Å²) < 4.78 is 12.3. The van der Waals surface area contributed by atoms with Crippen molar-refractivity contribution in [2.24, 2.45) is 53.3 Å². The number of hydrogen-bond donors (Lipinski definition) is 0. The lowest BCUT2D eigenvalue weighted by molar-refractivity contribution is -0.160. The fraction of sp³-hybridized carbons (Fsp3) is 0.800. The average Bonchev–Trinajstić information content (AvgIpc) is 3.35. The molecule has 0 amide bonds. The molecule has 0 unspecified atom stereocenters. The van der Waals surface area contributed by atoms with Crippen molar-refractivity contribution in [1.82, 2.24) is 0 Å². The third kappa shape index (κ3) is 5.46. The molecule has 34 heavy (non-hydrogen) atoms. The number of hydrogen-bond acceptors (Lipinski definition) is 4. The van der Waals surface area contributed by atoms with Gasteiger partial charge in [-0.05, 0) is 85.0 Å². The Balaban J connectivity index is 1.47. The normalized spacial score (nSPS) is 40.8. The van der Waals surface area contributed by atoms with Crippen LogP contribution < -0.4 is 0 Å². The van der Waals surface area contributed by atoms with E-state index >= 15 is 0 Å². The number of esters is 2. The van der Waals surface area contributed by atoms with Crippen LogP contribution >= 0.6 is 0 Å². The summed E-state index contributed by atoms with van der Waals surface area (Å²) in [5, 5.41) is 0. The van der Waals surface area contributed by atoms with Gasteiger partial charge in [-0.3, -0.25) is 4.79 Å². The van der Waals surface area contributed by atoms with Crippen molar-refractivity contribution >= 4 is 11.9 Å². The van der Waals surface area contributed by atoms with E-state index in [2.05, 4.69) is 53.7 Å². The predicted octanol–water partition coefficient (Wildman–Crippen LogP) is 6.74. The van der Waals surface area contributed by atoms with Gasteiger partial charge in [0.1, 0.15) is 12.2 Å². The minimum Gasteiger partial charge on any atom is -0.462 e. The molecule has 0 aromatic heterocycles. The van der Waals surface area contributed by atoms with Gasteiger partial charge in [-0.2, -0.15) is 0 Å². The van der Waals surface area contributed by atoms with Crippen LogP contribution in [0.5, 0.6) is 0 Å². The van der Waals surface area contributed by atoms with Gasteiger partial charge in [0.15, 0.2) is 0 Å². The summed E-state index contributed by atoms with van der Waals surface area (Å²) in [4.78, 5) is 26.6. The molecular formula is C30H46O4. The molecule has 0 aromatic rings. The number of rotatable bonds is 6. The van der Waals surface area contributed by atoms with E-state index in [1.54, 1.807) is 6.08 Å². The first kappa shape index (κ1) is 25.5. The van der Waals surface area contributed by atoms with E-state index < -0.39 is 0 Å². The summed E-state index contributed by atoms with van der Waals surface area (Å²) in [6, 6.07) is 0. The Morgan fingerprint density at radius 3 is 1.94 bits per heavy atom. The van der Waals surface area contributed by atoms with Gasteiger partial charge < -0.3 is 9.47 Å². The molecule has 0 heterocycles. The van der Waals surface area contributed by atoms with Crippen molar-refractivity contribution in [3.8, 4) is 0 Å². The third-order valence-electron chi connectivity index (χ3n) is 9.33. The molecule has 4 rings (SSSR count). The highest BCUT2D eigenvalue weighted by molar-refractivity contribution is 5.87. The molecule has 4 nitrogen and oxygen atoms in total. The summed E-state index contributed by atoms with van der Waals surface area (Å²) in [5.41, 5.74) is 0.914. The summed E-state index contributed by atoms with van der Waals surface area (Å²) in [7, 11) is 0. The van der Waals surface area contributed by atoms with Crippen LogP contribution in [0.25, 0.3) is 0 Å². The van der Waals surface area contributed by atoms with E-state index in [0.29, 0.717) is 35.5 Å². The standard InChI is InChI=1S/C30H46O4/c1-17(2)23-11-7-19(5)13-26(23)33-28(31)16-25-21-9-10-22(15-21)29(25)30(32)34-27-14-20(6)8-12-24(27)18(3)4/h9-10,16-24,26-27,29H,7-8,11-15H2,1-6H3/b25-16-/t19-,20-,21-,22+,23+,24+,26-,27-,29-/m1/s1. The maximum Gasteiger partial charge on any atom is 0.331 e. The van der Waals surface area contributed by atoms with Gasteiger partial charge >= 0.3 is 11.9 Å². The minimum atomic E-state index is -0.334. The molecule has 0 aliphatic heterocycles. The van der Waals surface area contributed by atoms with Crippen molar-refractivity contribution < 1.29 is 19.1 Å². The Bertz CT molecular complexity index is 809. The predicted molar refractivity (Wildman–Crippen MR) is 135 cm³/mol. The van der Waals surface area contributed by atoms with Gasteiger partial charge in [-0.15, -0.1) is 0 Å². The molecule has 4 aliphatic carbocycles. The fourth-order valence-corrected chi connectivity index (χ4v) is 7.25. The Kier molecular flexibility index (Phi) is 7.94. The topological polar surface area (TPSA) is 52.6 Å². The van der Waals surface area contributed by atoms with Gasteiger partial charge in [0, 0.05) is 6.08 Å². The van der Waals surface area contributed by atoms with Gasteiger partial charge in [0.05, 0.1) is 5.92 Å². The Labute approximate surface area is 206 Å². The zero-order chi connectivity index (χ0) is 24.6. The highest BCUT2D eigenvalue weighted by Crippen LogP contribution is 2.49. The van der Waals surface area contributed by atoms with Gasteiger partial charge in [-0.25, -0.2) is 4.79 Å². The molecule has 0 radical (unpaired) electrons. The van der Waals surface area contributed by atoms with E-state index in [9.17, 15) is 9.59 Å². The van der Waals surface area contributed by atoms with E-state index in [-0.39, 0.29) is 41.9 Å². The number of ether oxygens (including phenoxy) is 2. The first-order valence-corrected chi connectivity index (χ1v) is 13.9. The lowest BCUT2D eigenvalue weighted by atomic mass is 9.75. The van der Waals surface area contributed by atoms with Crippen LogP contribution in [0.4, 0.5) is 0 Å². The zero-order valence-electron chi connectivity index (χ0n) is 22.2. The monoisotopic (exact) mass is 470 g/mol.